The van der Waals surface area contributed by atoms with Crippen molar-refractivity contribution >= 4 is 0 Å². The van der Waals surface area contributed by atoms with Crippen molar-refractivity contribution in [2.75, 3.05) is 26.4 Å². The summed E-state index contributed by atoms with van der Waals surface area (Å²) in [6, 6.07) is 0.721. The zero-order valence-electron chi connectivity index (χ0n) is 9.05. The zero-order chi connectivity index (χ0) is 9.03. The Morgan fingerprint density at radius 2 is 1.77 bits per heavy atom. The molecular weight excluding hydrogens is 186 g/mol. The summed E-state index contributed by atoms with van der Waals surface area (Å²) in [6.07, 6.45) is 2.76. The van der Waals surface area contributed by atoms with Crippen molar-refractivity contribution in [1.82, 2.24) is 0 Å². The van der Waals surface area contributed by atoms with Gasteiger partial charge in [0, 0.05) is 19.4 Å². The number of quaternary nitrogens is 1. The average molecular weight is 208 g/mol. The minimum absolute atomic E-state index is 0. The van der Waals surface area contributed by atoms with E-state index < -0.39 is 0 Å². The summed E-state index contributed by atoms with van der Waals surface area (Å²) in [5.74, 6) is 0. The second kappa shape index (κ2) is 5.84. The van der Waals surface area contributed by atoms with Gasteiger partial charge in [-0.15, -0.1) is 0 Å². The lowest BCUT2D eigenvalue weighted by molar-refractivity contribution is -0.954. The van der Waals surface area contributed by atoms with Crippen molar-refractivity contribution in [2.24, 2.45) is 0 Å². The molecule has 0 amide bonds. The van der Waals surface area contributed by atoms with E-state index in [-0.39, 0.29) is 12.4 Å². The van der Waals surface area contributed by atoms with E-state index in [0.29, 0.717) is 0 Å². The smallest absolute Gasteiger partial charge is 0.183 e. The van der Waals surface area contributed by atoms with Crippen molar-refractivity contribution in [3.63, 3.8) is 0 Å². The first-order chi connectivity index (χ1) is 5.71. The van der Waals surface area contributed by atoms with Crippen LogP contribution in [0.4, 0.5) is 0 Å². The molecule has 0 aromatic carbocycles. The Morgan fingerprint density at radius 3 is 2.15 bits per heavy atom. The van der Waals surface area contributed by atoms with Gasteiger partial charge in [-0.3, -0.25) is 4.48 Å². The first kappa shape index (κ1) is 13.2. The molecule has 0 aliphatic carbocycles. The molecule has 0 N–H and O–H groups in total. The maximum Gasteiger partial charge on any atom is 0.183 e. The van der Waals surface area contributed by atoms with Crippen LogP contribution in [0, 0.1) is 0 Å². The van der Waals surface area contributed by atoms with Gasteiger partial charge in [-0.2, -0.15) is 0 Å². The summed E-state index contributed by atoms with van der Waals surface area (Å²) in [6.45, 7) is 11.1. The molecule has 0 aromatic rings. The predicted molar refractivity (Wildman–Crippen MR) is 50.9 cm³/mol. The standard InChI is InChI=1S/C10H22NO.ClH/c1-4-12-9-11(10(2)3)7-5-6-8-11;/h10H,4-9H2,1-3H3;1H/q+1;/p-1. The number of hydrogen-bond donors (Lipinski definition) is 0. The summed E-state index contributed by atoms with van der Waals surface area (Å²) in [4.78, 5) is 0. The molecule has 3 heteroatoms. The molecule has 2 nitrogen and oxygen atoms in total. The van der Waals surface area contributed by atoms with E-state index in [4.69, 9.17) is 4.74 Å². The molecule has 0 atom stereocenters. The van der Waals surface area contributed by atoms with Gasteiger partial charge in [0.1, 0.15) is 0 Å². The normalized spacial score (nSPS) is 20.3. The Labute approximate surface area is 88.3 Å². The van der Waals surface area contributed by atoms with E-state index in [0.717, 1.165) is 19.4 Å². The van der Waals surface area contributed by atoms with Crippen LogP contribution >= 0.6 is 0 Å². The summed E-state index contributed by atoms with van der Waals surface area (Å²) < 4.78 is 6.74. The summed E-state index contributed by atoms with van der Waals surface area (Å²) in [5, 5.41) is 0. The fourth-order valence-corrected chi connectivity index (χ4v) is 2.03. The molecule has 1 fully saturated rings. The SMILES string of the molecule is CCOC[N+]1(C(C)C)CCCC1.[Cl-]. The van der Waals surface area contributed by atoms with Gasteiger partial charge in [0.25, 0.3) is 0 Å². The van der Waals surface area contributed by atoms with E-state index in [9.17, 15) is 0 Å². The third kappa shape index (κ3) is 3.12. The molecule has 0 saturated carbocycles. The van der Waals surface area contributed by atoms with Gasteiger partial charge in [0.05, 0.1) is 19.1 Å². The molecule has 0 unspecified atom stereocenters. The highest BCUT2D eigenvalue weighted by Gasteiger charge is 2.34. The highest BCUT2D eigenvalue weighted by molar-refractivity contribution is 4.55. The van der Waals surface area contributed by atoms with Crippen molar-refractivity contribution < 1.29 is 21.6 Å². The maximum atomic E-state index is 5.55. The van der Waals surface area contributed by atoms with Crippen molar-refractivity contribution in [1.29, 1.82) is 0 Å². The Morgan fingerprint density at radius 1 is 1.23 bits per heavy atom. The molecule has 13 heavy (non-hydrogen) atoms. The largest absolute Gasteiger partial charge is 1.00 e. The molecule has 0 aromatic heterocycles. The van der Waals surface area contributed by atoms with Crippen molar-refractivity contribution in [2.45, 2.75) is 39.7 Å². The van der Waals surface area contributed by atoms with Crippen LogP contribution in [0.2, 0.25) is 0 Å². The first-order valence-electron chi connectivity index (χ1n) is 5.15. The molecule has 1 aliphatic heterocycles. The fourth-order valence-electron chi connectivity index (χ4n) is 2.03. The summed E-state index contributed by atoms with van der Waals surface area (Å²) in [5.41, 5.74) is 0. The lowest BCUT2D eigenvalue weighted by Gasteiger charge is -2.37. The van der Waals surface area contributed by atoms with Crippen molar-refractivity contribution in [3.05, 3.63) is 0 Å². The van der Waals surface area contributed by atoms with E-state index in [1.807, 2.05) is 0 Å². The number of likely N-dealkylation sites (tertiary alicyclic amines) is 1. The number of halogens is 1. The molecule has 0 radical (unpaired) electrons. The number of hydrogen-bond acceptors (Lipinski definition) is 1. The van der Waals surface area contributed by atoms with Crippen LogP contribution in [-0.2, 0) is 4.74 Å². The van der Waals surface area contributed by atoms with Gasteiger partial charge >= 0.3 is 0 Å². The van der Waals surface area contributed by atoms with Crippen LogP contribution in [0.5, 0.6) is 0 Å². The molecule has 1 aliphatic rings. The second-order valence-electron chi connectivity index (χ2n) is 4.09. The van der Waals surface area contributed by atoms with Crippen LogP contribution in [0.1, 0.15) is 33.6 Å². The van der Waals surface area contributed by atoms with Crippen LogP contribution in [0.15, 0.2) is 0 Å². The number of nitrogens with zero attached hydrogens (tertiary/aromatic N) is 1. The molecule has 80 valence electrons. The van der Waals surface area contributed by atoms with Gasteiger partial charge in [0.2, 0.25) is 0 Å². The molecule has 1 rings (SSSR count). The molecule has 1 heterocycles. The molecule has 1 saturated heterocycles. The zero-order valence-corrected chi connectivity index (χ0v) is 9.81. The highest BCUT2D eigenvalue weighted by Crippen LogP contribution is 2.23. The topological polar surface area (TPSA) is 9.23 Å². The minimum Gasteiger partial charge on any atom is -1.00 e. The van der Waals surface area contributed by atoms with Crippen LogP contribution in [0.3, 0.4) is 0 Å². The van der Waals surface area contributed by atoms with E-state index in [1.165, 1.54) is 30.4 Å². The minimum atomic E-state index is 0. The van der Waals surface area contributed by atoms with Crippen LogP contribution in [0.25, 0.3) is 0 Å². The van der Waals surface area contributed by atoms with Gasteiger partial charge < -0.3 is 17.1 Å². The third-order valence-corrected chi connectivity index (χ3v) is 3.10. The van der Waals surface area contributed by atoms with E-state index in [2.05, 4.69) is 20.8 Å². The van der Waals surface area contributed by atoms with E-state index >= 15 is 0 Å². The fraction of sp³-hybridized carbons (Fsp3) is 1.00. The second-order valence-corrected chi connectivity index (χ2v) is 4.09. The molecule has 0 spiro atoms. The number of rotatable bonds is 4. The lowest BCUT2D eigenvalue weighted by atomic mass is 10.3. The van der Waals surface area contributed by atoms with Crippen LogP contribution in [-0.4, -0.2) is 37.0 Å². The Hall–Kier alpha value is 0.210. The molecular formula is C10H22ClNO. The Bertz CT molecular complexity index is 133. The molecule has 0 bridgehead atoms. The van der Waals surface area contributed by atoms with Crippen LogP contribution < -0.4 is 12.4 Å². The maximum absolute atomic E-state index is 5.55. The Kier molecular flexibility index (Phi) is 5.93. The first-order valence-corrected chi connectivity index (χ1v) is 5.15. The average Bonchev–Trinajstić information content (AvgIpc) is 2.50. The third-order valence-electron chi connectivity index (χ3n) is 3.10. The highest BCUT2D eigenvalue weighted by atomic mass is 35.5. The number of ether oxygens (including phenoxy) is 1. The summed E-state index contributed by atoms with van der Waals surface area (Å²) in [7, 11) is 0. The van der Waals surface area contributed by atoms with Gasteiger partial charge in [0.15, 0.2) is 6.73 Å². The Balaban J connectivity index is 0.00000144. The van der Waals surface area contributed by atoms with Crippen molar-refractivity contribution in [3.8, 4) is 0 Å². The van der Waals surface area contributed by atoms with Gasteiger partial charge in [-0.05, 0) is 20.8 Å². The van der Waals surface area contributed by atoms with E-state index in [1.54, 1.807) is 0 Å². The quantitative estimate of drug-likeness (QED) is 0.538. The monoisotopic (exact) mass is 207 g/mol. The lowest BCUT2D eigenvalue weighted by Crippen LogP contribution is -3.00. The van der Waals surface area contributed by atoms with Gasteiger partial charge in [-0.1, -0.05) is 0 Å². The predicted octanol–water partition coefficient (Wildman–Crippen LogP) is -0.997. The summed E-state index contributed by atoms with van der Waals surface area (Å²) >= 11 is 0. The van der Waals surface area contributed by atoms with Gasteiger partial charge in [-0.25, -0.2) is 0 Å².